The lowest BCUT2D eigenvalue weighted by atomic mass is 9.90. The molecule has 3 aromatic heterocycles. The van der Waals surface area contributed by atoms with Gasteiger partial charge in [0.05, 0.1) is 21.4 Å². The zero-order valence-electron chi connectivity index (χ0n) is 34.7. The molecule has 0 aliphatic heterocycles. The number of hydrogen-bond donors (Lipinski definition) is 0. The quantitative estimate of drug-likeness (QED) is 0.163. The molecule has 2 nitrogen and oxygen atoms in total. The Morgan fingerprint density at radius 2 is 0.812 bits per heavy atom. The average molecular weight is 831 g/mol. The third-order valence-corrected chi connectivity index (χ3v) is 14.2. The summed E-state index contributed by atoms with van der Waals surface area (Å²) in [6, 6.07) is 84.1. The van der Waals surface area contributed by atoms with Crippen LogP contribution in [0.15, 0.2) is 231 Å². The molecule has 0 aliphatic carbocycles. The SMILES string of the molecule is c1ccc(-c2cc(-c3ccccc3)cc(-c3ccc(-c4ccc(-c5ccc(-c6cc7c8ccccc8sc7c7nc8c9ccccc9ccc8n67)cc5)c5ccccc45)cc3)c2)cc1. The molecule has 0 saturated heterocycles. The largest absolute Gasteiger partial charge is 0.291 e. The van der Waals surface area contributed by atoms with E-state index in [1.165, 1.54) is 97.4 Å². The van der Waals surface area contributed by atoms with Gasteiger partial charge in [0.25, 0.3) is 0 Å². The molecule has 0 saturated carbocycles. The molecule has 298 valence electrons. The van der Waals surface area contributed by atoms with Crippen molar-refractivity contribution in [2.24, 2.45) is 0 Å². The van der Waals surface area contributed by atoms with Crippen LogP contribution >= 0.6 is 11.3 Å². The van der Waals surface area contributed by atoms with Crippen LogP contribution in [-0.2, 0) is 0 Å². The van der Waals surface area contributed by atoms with Gasteiger partial charge in [0.1, 0.15) is 0 Å². The Labute approximate surface area is 374 Å². The molecule has 0 amide bonds. The van der Waals surface area contributed by atoms with E-state index in [4.69, 9.17) is 4.98 Å². The zero-order chi connectivity index (χ0) is 42.1. The van der Waals surface area contributed by atoms with Crippen LogP contribution in [0.1, 0.15) is 0 Å². The number of rotatable bonds is 6. The summed E-state index contributed by atoms with van der Waals surface area (Å²) >= 11 is 1.83. The Balaban J connectivity index is 0.888. The summed E-state index contributed by atoms with van der Waals surface area (Å²) in [6.45, 7) is 0. The molecule has 0 spiro atoms. The van der Waals surface area contributed by atoms with Crippen molar-refractivity contribution < 1.29 is 0 Å². The van der Waals surface area contributed by atoms with Crippen molar-refractivity contribution in [1.82, 2.24) is 9.38 Å². The number of fused-ring (bicyclic) bond motifs is 10. The summed E-state index contributed by atoms with van der Waals surface area (Å²) in [5, 5.41) is 7.38. The van der Waals surface area contributed by atoms with E-state index in [1.54, 1.807) is 0 Å². The number of hydrogen-bond acceptors (Lipinski definition) is 2. The fraction of sp³-hybridized carbons (Fsp3) is 0. The molecular weight excluding hydrogens is 793 g/mol. The number of imidazole rings is 1. The molecule has 0 bridgehead atoms. The second-order valence-electron chi connectivity index (χ2n) is 16.7. The summed E-state index contributed by atoms with van der Waals surface area (Å²) in [4.78, 5) is 5.41. The van der Waals surface area contributed by atoms with Gasteiger partial charge >= 0.3 is 0 Å². The molecular formula is C61H38N2S. The van der Waals surface area contributed by atoms with Gasteiger partial charge in [-0.2, -0.15) is 0 Å². The van der Waals surface area contributed by atoms with Crippen molar-refractivity contribution in [1.29, 1.82) is 0 Å². The molecule has 13 rings (SSSR count). The number of benzene rings is 10. The first-order chi connectivity index (χ1) is 31.7. The molecule has 3 heteroatoms. The van der Waals surface area contributed by atoms with Crippen molar-refractivity contribution >= 4 is 69.7 Å². The summed E-state index contributed by atoms with van der Waals surface area (Å²) < 4.78 is 4.88. The summed E-state index contributed by atoms with van der Waals surface area (Å²) in [5.41, 5.74) is 17.6. The van der Waals surface area contributed by atoms with E-state index in [2.05, 4.69) is 235 Å². The summed E-state index contributed by atoms with van der Waals surface area (Å²) in [5.74, 6) is 0. The van der Waals surface area contributed by atoms with Crippen LogP contribution in [0.25, 0.3) is 125 Å². The topological polar surface area (TPSA) is 17.3 Å². The molecule has 13 aromatic rings. The number of nitrogens with zero attached hydrogens (tertiary/aromatic N) is 2. The van der Waals surface area contributed by atoms with E-state index in [0.717, 1.165) is 27.9 Å². The van der Waals surface area contributed by atoms with Crippen molar-refractivity contribution in [3.8, 4) is 66.9 Å². The van der Waals surface area contributed by atoms with Crippen LogP contribution < -0.4 is 0 Å². The van der Waals surface area contributed by atoms with E-state index < -0.39 is 0 Å². The smallest absolute Gasteiger partial charge is 0.156 e. The van der Waals surface area contributed by atoms with Gasteiger partial charge in [-0.3, -0.25) is 4.40 Å². The third-order valence-electron chi connectivity index (χ3n) is 13.0. The van der Waals surface area contributed by atoms with Crippen molar-refractivity contribution in [2.75, 3.05) is 0 Å². The van der Waals surface area contributed by atoms with Gasteiger partial charge in [0.2, 0.25) is 0 Å². The normalized spacial score (nSPS) is 11.8. The maximum absolute atomic E-state index is 5.41. The first-order valence-electron chi connectivity index (χ1n) is 21.9. The minimum absolute atomic E-state index is 1.01. The highest BCUT2D eigenvalue weighted by Crippen LogP contribution is 2.43. The van der Waals surface area contributed by atoms with E-state index in [0.29, 0.717) is 0 Å². The van der Waals surface area contributed by atoms with Crippen molar-refractivity contribution in [3.05, 3.63) is 231 Å². The maximum atomic E-state index is 5.41. The maximum Gasteiger partial charge on any atom is 0.156 e. The van der Waals surface area contributed by atoms with Crippen molar-refractivity contribution in [3.63, 3.8) is 0 Å². The van der Waals surface area contributed by atoms with Crippen LogP contribution in [0.5, 0.6) is 0 Å². The zero-order valence-corrected chi connectivity index (χ0v) is 35.6. The van der Waals surface area contributed by atoms with E-state index in [1.807, 2.05) is 11.3 Å². The Morgan fingerprint density at radius 1 is 0.328 bits per heavy atom. The minimum Gasteiger partial charge on any atom is -0.291 e. The minimum atomic E-state index is 1.01. The molecule has 0 aliphatic rings. The van der Waals surface area contributed by atoms with Gasteiger partial charge in [-0.15, -0.1) is 11.3 Å². The fourth-order valence-corrected chi connectivity index (χ4v) is 11.0. The first-order valence-corrected chi connectivity index (χ1v) is 22.7. The van der Waals surface area contributed by atoms with Crippen LogP contribution in [-0.4, -0.2) is 9.38 Å². The highest BCUT2D eigenvalue weighted by atomic mass is 32.1. The second-order valence-corrected chi connectivity index (χ2v) is 17.7. The summed E-state index contributed by atoms with van der Waals surface area (Å²) in [6.07, 6.45) is 0. The van der Waals surface area contributed by atoms with E-state index in [-0.39, 0.29) is 0 Å². The van der Waals surface area contributed by atoms with Crippen molar-refractivity contribution in [2.45, 2.75) is 0 Å². The fourth-order valence-electron chi connectivity index (χ4n) is 9.85. The Kier molecular flexibility index (Phi) is 8.43. The van der Waals surface area contributed by atoms with Crippen LogP contribution in [0, 0.1) is 0 Å². The number of aromatic nitrogens is 2. The Hall–Kier alpha value is -8.11. The van der Waals surface area contributed by atoms with Gasteiger partial charge in [-0.25, -0.2) is 4.98 Å². The lowest BCUT2D eigenvalue weighted by Crippen LogP contribution is -1.93. The molecule has 0 fully saturated rings. The molecule has 3 heterocycles. The summed E-state index contributed by atoms with van der Waals surface area (Å²) in [7, 11) is 0. The molecule has 0 atom stereocenters. The van der Waals surface area contributed by atoms with Gasteiger partial charge in [-0.05, 0) is 114 Å². The lowest BCUT2D eigenvalue weighted by molar-refractivity contribution is 1.25. The number of pyridine rings is 1. The molecule has 0 radical (unpaired) electrons. The number of thiophene rings is 1. The molecule has 64 heavy (non-hydrogen) atoms. The van der Waals surface area contributed by atoms with Crippen LogP contribution in [0.4, 0.5) is 0 Å². The first kappa shape index (κ1) is 36.5. The van der Waals surface area contributed by atoms with Crippen LogP contribution in [0.3, 0.4) is 0 Å². The predicted molar refractivity (Wildman–Crippen MR) is 273 cm³/mol. The predicted octanol–water partition coefficient (Wildman–Crippen LogP) is 17.2. The molecule has 10 aromatic carbocycles. The highest BCUT2D eigenvalue weighted by molar-refractivity contribution is 7.26. The van der Waals surface area contributed by atoms with E-state index >= 15 is 0 Å². The van der Waals surface area contributed by atoms with E-state index in [9.17, 15) is 0 Å². The highest BCUT2D eigenvalue weighted by Gasteiger charge is 2.19. The van der Waals surface area contributed by atoms with Gasteiger partial charge in [-0.1, -0.05) is 194 Å². The van der Waals surface area contributed by atoms with Gasteiger partial charge in [0.15, 0.2) is 5.65 Å². The Morgan fingerprint density at radius 3 is 1.42 bits per heavy atom. The molecule has 0 unspecified atom stereocenters. The average Bonchev–Trinajstić information content (AvgIpc) is 3.96. The third kappa shape index (κ3) is 5.97. The van der Waals surface area contributed by atoms with Crippen LogP contribution in [0.2, 0.25) is 0 Å². The standard InChI is InChI=1S/C61H38N2S/c1-3-13-39(14-4-1)46-35-47(40-15-5-2-6-16-40)37-48(36-46)41-23-25-43(26-24-41)49-32-33-50(53-20-10-9-19-52(49)53)44-27-29-45(30-28-44)57-38-55-54-21-11-12-22-58(54)64-60(55)61-62-59-51-18-8-7-17-42(51)31-34-56(59)63(57)61/h1-38H. The van der Waals surface area contributed by atoms with Gasteiger partial charge < -0.3 is 0 Å². The van der Waals surface area contributed by atoms with Gasteiger partial charge in [0, 0.05) is 20.9 Å². The monoisotopic (exact) mass is 830 g/mol. The molecule has 0 N–H and O–H groups in total. The Bertz CT molecular complexity index is 3860. The lowest BCUT2D eigenvalue weighted by Gasteiger charge is -2.14. The second kappa shape index (κ2) is 14.8.